The van der Waals surface area contributed by atoms with Crippen molar-refractivity contribution in [2.24, 2.45) is 5.92 Å². The molecule has 1 aromatic heterocycles. The van der Waals surface area contributed by atoms with Crippen molar-refractivity contribution in [2.75, 3.05) is 26.2 Å². The van der Waals surface area contributed by atoms with Gasteiger partial charge in [0.1, 0.15) is 0 Å². The van der Waals surface area contributed by atoms with Crippen LogP contribution >= 0.6 is 27.3 Å². The molecular weight excluding hydrogens is 324 g/mol. The Labute approximate surface area is 127 Å². The van der Waals surface area contributed by atoms with Gasteiger partial charge in [0.05, 0.1) is 3.79 Å². The van der Waals surface area contributed by atoms with Crippen molar-refractivity contribution < 1.29 is 4.79 Å². The highest BCUT2D eigenvalue weighted by Gasteiger charge is 2.24. The Bertz CT molecular complexity index is 427. The maximum Gasteiger partial charge on any atom is 0.225 e. The molecule has 1 aliphatic heterocycles. The van der Waals surface area contributed by atoms with E-state index < -0.39 is 0 Å². The largest absolute Gasteiger partial charge is 0.340 e. The summed E-state index contributed by atoms with van der Waals surface area (Å²) in [6.07, 6.45) is 0.933. The number of hydrogen-bond acceptors (Lipinski definition) is 3. The first-order valence-electron chi connectivity index (χ1n) is 6.85. The predicted octanol–water partition coefficient (Wildman–Crippen LogP) is 3.20. The third-order valence-electron chi connectivity index (χ3n) is 3.73. The number of thiophene rings is 1. The molecule has 0 radical (unpaired) electrons. The van der Waals surface area contributed by atoms with E-state index in [9.17, 15) is 4.79 Å². The average Bonchev–Trinajstić information content (AvgIpc) is 2.83. The molecule has 5 heteroatoms. The number of amides is 1. The van der Waals surface area contributed by atoms with Crippen molar-refractivity contribution in [3.63, 3.8) is 0 Å². The van der Waals surface area contributed by atoms with Gasteiger partial charge in [-0.3, -0.25) is 9.69 Å². The van der Waals surface area contributed by atoms with E-state index in [1.807, 2.05) is 11.8 Å². The molecular formula is C14H21BrN2OS. The van der Waals surface area contributed by atoms with Crippen molar-refractivity contribution in [1.82, 2.24) is 9.80 Å². The molecule has 106 valence electrons. The maximum atomic E-state index is 12.1. The maximum absolute atomic E-state index is 12.1. The Kier molecular flexibility index (Phi) is 5.42. The fourth-order valence-corrected chi connectivity index (χ4v) is 3.80. The molecule has 3 nitrogen and oxygen atoms in total. The van der Waals surface area contributed by atoms with E-state index in [2.05, 4.69) is 39.9 Å². The SMILES string of the molecule is CCC(C)C(=O)N1CCN(Cc2ccc(Br)s2)CC1. The van der Waals surface area contributed by atoms with Crippen LogP contribution in [0.5, 0.6) is 0 Å². The molecule has 1 unspecified atom stereocenters. The quantitative estimate of drug-likeness (QED) is 0.837. The van der Waals surface area contributed by atoms with Gasteiger partial charge in [0.25, 0.3) is 0 Å². The summed E-state index contributed by atoms with van der Waals surface area (Å²) >= 11 is 5.29. The highest BCUT2D eigenvalue weighted by atomic mass is 79.9. The predicted molar refractivity (Wildman–Crippen MR) is 83.3 cm³/mol. The first-order chi connectivity index (χ1) is 9.10. The van der Waals surface area contributed by atoms with E-state index in [0.717, 1.165) is 39.1 Å². The lowest BCUT2D eigenvalue weighted by atomic mass is 10.1. The molecule has 1 aromatic rings. The van der Waals surface area contributed by atoms with E-state index in [0.29, 0.717) is 5.91 Å². The Hall–Kier alpha value is -0.390. The van der Waals surface area contributed by atoms with Crippen LogP contribution in [0.1, 0.15) is 25.1 Å². The fourth-order valence-electron chi connectivity index (χ4n) is 2.27. The summed E-state index contributed by atoms with van der Waals surface area (Å²) in [6.45, 7) is 8.81. The summed E-state index contributed by atoms with van der Waals surface area (Å²) < 4.78 is 1.19. The Morgan fingerprint density at radius 2 is 2.05 bits per heavy atom. The first kappa shape index (κ1) is 15.0. The van der Waals surface area contributed by atoms with Gasteiger partial charge in [-0.05, 0) is 34.5 Å². The van der Waals surface area contributed by atoms with E-state index in [1.165, 1.54) is 8.66 Å². The van der Waals surface area contributed by atoms with Gasteiger partial charge in [-0.2, -0.15) is 0 Å². The average molecular weight is 345 g/mol. The van der Waals surface area contributed by atoms with Gasteiger partial charge < -0.3 is 4.90 Å². The highest BCUT2D eigenvalue weighted by Crippen LogP contribution is 2.23. The van der Waals surface area contributed by atoms with Crippen LogP contribution in [0.15, 0.2) is 15.9 Å². The number of rotatable bonds is 4. The van der Waals surface area contributed by atoms with Gasteiger partial charge in [-0.1, -0.05) is 13.8 Å². The Balaban J connectivity index is 1.81. The summed E-state index contributed by atoms with van der Waals surface area (Å²) in [5.74, 6) is 0.487. The number of hydrogen-bond donors (Lipinski definition) is 0. The molecule has 1 saturated heterocycles. The molecule has 1 fully saturated rings. The van der Waals surface area contributed by atoms with Crippen molar-refractivity contribution in [3.8, 4) is 0 Å². The molecule has 0 aromatic carbocycles. The van der Waals surface area contributed by atoms with Crippen molar-refractivity contribution in [2.45, 2.75) is 26.8 Å². The number of carbonyl (C=O) groups is 1. The second kappa shape index (κ2) is 6.86. The van der Waals surface area contributed by atoms with Crippen LogP contribution in [0.3, 0.4) is 0 Å². The third-order valence-corrected chi connectivity index (χ3v) is 5.33. The molecule has 0 aliphatic carbocycles. The molecule has 0 N–H and O–H groups in total. The topological polar surface area (TPSA) is 23.6 Å². The van der Waals surface area contributed by atoms with Crippen LogP contribution in [0.4, 0.5) is 0 Å². The van der Waals surface area contributed by atoms with Gasteiger partial charge >= 0.3 is 0 Å². The van der Waals surface area contributed by atoms with E-state index >= 15 is 0 Å². The van der Waals surface area contributed by atoms with Gasteiger partial charge in [0.15, 0.2) is 0 Å². The minimum atomic E-state index is 0.166. The van der Waals surface area contributed by atoms with Crippen molar-refractivity contribution >= 4 is 33.2 Å². The minimum Gasteiger partial charge on any atom is -0.340 e. The molecule has 19 heavy (non-hydrogen) atoms. The van der Waals surface area contributed by atoms with E-state index in [4.69, 9.17) is 0 Å². The summed E-state index contributed by atoms with van der Waals surface area (Å²) in [4.78, 5) is 17.9. The third kappa shape index (κ3) is 4.04. The normalized spacial score (nSPS) is 18.6. The van der Waals surface area contributed by atoms with E-state index in [-0.39, 0.29) is 5.92 Å². The zero-order chi connectivity index (χ0) is 13.8. The minimum absolute atomic E-state index is 0.166. The zero-order valence-corrected chi connectivity index (χ0v) is 14.0. The lowest BCUT2D eigenvalue weighted by Crippen LogP contribution is -2.49. The molecule has 0 saturated carbocycles. The second-order valence-corrected chi connectivity index (χ2v) is 7.66. The first-order valence-corrected chi connectivity index (χ1v) is 8.46. The van der Waals surface area contributed by atoms with Crippen LogP contribution < -0.4 is 0 Å². The molecule has 1 aliphatic rings. The van der Waals surface area contributed by atoms with Crippen LogP contribution in [-0.2, 0) is 11.3 Å². The number of nitrogens with zero attached hydrogens (tertiary/aromatic N) is 2. The summed E-state index contributed by atoms with van der Waals surface area (Å²) in [5.41, 5.74) is 0. The standard InChI is InChI=1S/C14H21BrN2OS/c1-3-11(2)14(18)17-8-6-16(7-9-17)10-12-4-5-13(15)19-12/h4-5,11H,3,6-10H2,1-2H3. The molecule has 2 heterocycles. The fraction of sp³-hybridized carbons (Fsp3) is 0.643. The molecule has 1 amide bonds. The van der Waals surface area contributed by atoms with Gasteiger partial charge in [0, 0.05) is 43.5 Å². The second-order valence-electron chi connectivity index (χ2n) is 5.12. The van der Waals surface area contributed by atoms with Gasteiger partial charge in [-0.25, -0.2) is 0 Å². The highest BCUT2D eigenvalue weighted by molar-refractivity contribution is 9.11. The Morgan fingerprint density at radius 1 is 1.37 bits per heavy atom. The number of halogens is 1. The van der Waals surface area contributed by atoms with Crippen LogP contribution in [0.2, 0.25) is 0 Å². The van der Waals surface area contributed by atoms with Crippen molar-refractivity contribution in [3.05, 3.63) is 20.8 Å². The molecule has 1 atom stereocenters. The molecule has 0 spiro atoms. The number of piperazine rings is 1. The molecule has 0 bridgehead atoms. The van der Waals surface area contributed by atoms with Crippen LogP contribution in [0, 0.1) is 5.92 Å². The lowest BCUT2D eigenvalue weighted by molar-refractivity contribution is -0.136. The molecule has 2 rings (SSSR count). The summed E-state index contributed by atoms with van der Waals surface area (Å²) in [7, 11) is 0. The van der Waals surface area contributed by atoms with Gasteiger partial charge in [0.2, 0.25) is 5.91 Å². The summed E-state index contributed by atoms with van der Waals surface area (Å²) in [6, 6.07) is 4.27. The summed E-state index contributed by atoms with van der Waals surface area (Å²) in [5, 5.41) is 0. The van der Waals surface area contributed by atoms with Crippen LogP contribution in [0.25, 0.3) is 0 Å². The Morgan fingerprint density at radius 3 is 2.58 bits per heavy atom. The van der Waals surface area contributed by atoms with Crippen molar-refractivity contribution in [1.29, 1.82) is 0 Å². The monoisotopic (exact) mass is 344 g/mol. The smallest absolute Gasteiger partial charge is 0.225 e. The lowest BCUT2D eigenvalue weighted by Gasteiger charge is -2.35. The van der Waals surface area contributed by atoms with E-state index in [1.54, 1.807) is 11.3 Å². The van der Waals surface area contributed by atoms with Gasteiger partial charge in [-0.15, -0.1) is 11.3 Å². The van der Waals surface area contributed by atoms with Crippen LogP contribution in [-0.4, -0.2) is 41.9 Å². The number of carbonyl (C=O) groups excluding carboxylic acids is 1. The zero-order valence-electron chi connectivity index (χ0n) is 11.6.